The summed E-state index contributed by atoms with van der Waals surface area (Å²) in [6.07, 6.45) is 0. The monoisotopic (exact) mass is 355 g/mol. The van der Waals surface area contributed by atoms with Crippen LogP contribution in [-0.2, 0) is 6.61 Å². The molecule has 0 bridgehead atoms. The average molecular weight is 356 g/mol. The van der Waals surface area contributed by atoms with Gasteiger partial charge in [-0.05, 0) is 53.6 Å². The maximum absolute atomic E-state index is 6.01. The van der Waals surface area contributed by atoms with Crippen LogP contribution in [0.3, 0.4) is 0 Å². The van der Waals surface area contributed by atoms with Crippen molar-refractivity contribution in [1.29, 1.82) is 0 Å². The summed E-state index contributed by atoms with van der Waals surface area (Å²) < 4.78 is 7.09. The number of hydrogen-bond acceptors (Lipinski definition) is 2. The van der Waals surface area contributed by atoms with Crippen molar-refractivity contribution in [1.82, 2.24) is 0 Å². The van der Waals surface area contributed by atoms with Crippen molar-refractivity contribution in [2.75, 3.05) is 12.4 Å². The van der Waals surface area contributed by atoms with E-state index in [1.165, 1.54) is 21.9 Å². The van der Waals surface area contributed by atoms with Crippen molar-refractivity contribution in [3.8, 4) is 5.75 Å². The number of anilines is 1. The van der Waals surface area contributed by atoms with Crippen molar-refractivity contribution >= 4 is 32.4 Å². The van der Waals surface area contributed by atoms with E-state index in [4.69, 9.17) is 4.74 Å². The first-order valence-corrected chi connectivity index (χ1v) is 8.05. The molecule has 0 fully saturated rings. The Kier molecular flexibility index (Phi) is 4.34. The molecule has 0 amide bonds. The van der Waals surface area contributed by atoms with E-state index in [1.54, 1.807) is 0 Å². The van der Waals surface area contributed by atoms with Crippen LogP contribution in [-0.4, -0.2) is 7.05 Å². The number of aryl methyl sites for hydroxylation is 1. The zero-order valence-electron chi connectivity index (χ0n) is 12.7. The molecule has 0 aliphatic carbocycles. The second-order valence-corrected chi connectivity index (χ2v) is 6.21. The second kappa shape index (κ2) is 6.41. The number of fused-ring (bicyclic) bond motifs is 1. The fourth-order valence-corrected chi connectivity index (χ4v) is 2.95. The number of hydrogen-bond donors (Lipinski definition) is 1. The van der Waals surface area contributed by atoms with Gasteiger partial charge in [0.05, 0.1) is 0 Å². The first-order chi connectivity index (χ1) is 10.7. The summed E-state index contributed by atoms with van der Waals surface area (Å²) >= 11 is 3.51. The molecule has 112 valence electrons. The minimum Gasteiger partial charge on any atom is -0.489 e. The smallest absolute Gasteiger partial charge is 0.120 e. The van der Waals surface area contributed by atoms with E-state index in [9.17, 15) is 0 Å². The minimum atomic E-state index is 0.558. The van der Waals surface area contributed by atoms with Crippen LogP contribution in [0.5, 0.6) is 5.75 Å². The molecule has 2 nitrogen and oxygen atoms in total. The summed E-state index contributed by atoms with van der Waals surface area (Å²) in [5, 5.41) is 5.61. The van der Waals surface area contributed by atoms with Crippen molar-refractivity contribution in [2.24, 2.45) is 0 Å². The summed E-state index contributed by atoms with van der Waals surface area (Å²) in [6, 6.07) is 18.7. The topological polar surface area (TPSA) is 21.3 Å². The summed E-state index contributed by atoms with van der Waals surface area (Å²) in [5.41, 5.74) is 3.54. The molecule has 22 heavy (non-hydrogen) atoms. The molecular formula is C19H18BrNO. The third kappa shape index (κ3) is 3.09. The maximum Gasteiger partial charge on any atom is 0.120 e. The van der Waals surface area contributed by atoms with Crippen LogP contribution in [0.4, 0.5) is 5.69 Å². The largest absolute Gasteiger partial charge is 0.489 e. The van der Waals surface area contributed by atoms with Gasteiger partial charge in [-0.2, -0.15) is 0 Å². The van der Waals surface area contributed by atoms with E-state index < -0.39 is 0 Å². The molecule has 0 spiro atoms. The molecule has 0 heterocycles. The van der Waals surface area contributed by atoms with Crippen LogP contribution in [0, 0.1) is 6.92 Å². The molecule has 0 saturated heterocycles. The van der Waals surface area contributed by atoms with E-state index in [1.807, 2.05) is 13.1 Å². The van der Waals surface area contributed by atoms with E-state index in [2.05, 4.69) is 76.7 Å². The zero-order chi connectivity index (χ0) is 15.5. The highest BCUT2D eigenvalue weighted by Crippen LogP contribution is 2.26. The van der Waals surface area contributed by atoms with Crippen LogP contribution in [0.25, 0.3) is 10.8 Å². The first kappa shape index (κ1) is 14.9. The van der Waals surface area contributed by atoms with Gasteiger partial charge in [0.1, 0.15) is 12.4 Å². The molecule has 1 N–H and O–H groups in total. The average Bonchev–Trinajstić information content (AvgIpc) is 2.53. The Hall–Kier alpha value is -2.00. The van der Waals surface area contributed by atoms with Crippen LogP contribution < -0.4 is 10.1 Å². The Morgan fingerprint density at radius 2 is 1.82 bits per heavy atom. The van der Waals surface area contributed by atoms with Gasteiger partial charge < -0.3 is 10.1 Å². The van der Waals surface area contributed by atoms with Gasteiger partial charge in [-0.25, -0.2) is 0 Å². The zero-order valence-corrected chi connectivity index (χ0v) is 14.3. The second-order valence-electron chi connectivity index (χ2n) is 5.29. The molecule has 3 rings (SSSR count). The number of benzene rings is 3. The third-order valence-electron chi connectivity index (χ3n) is 3.84. The minimum absolute atomic E-state index is 0.558. The van der Waals surface area contributed by atoms with E-state index in [0.29, 0.717) is 6.61 Å². The highest BCUT2D eigenvalue weighted by atomic mass is 79.9. The van der Waals surface area contributed by atoms with E-state index in [0.717, 1.165) is 15.9 Å². The van der Waals surface area contributed by atoms with Gasteiger partial charge in [0.2, 0.25) is 0 Å². The lowest BCUT2D eigenvalue weighted by molar-refractivity contribution is 0.306. The van der Waals surface area contributed by atoms with Gasteiger partial charge in [0.15, 0.2) is 0 Å². The van der Waals surface area contributed by atoms with Gasteiger partial charge in [0.25, 0.3) is 0 Å². The summed E-state index contributed by atoms with van der Waals surface area (Å²) in [6.45, 7) is 2.67. The summed E-state index contributed by atoms with van der Waals surface area (Å²) in [5.74, 6) is 0.885. The highest BCUT2D eigenvalue weighted by molar-refractivity contribution is 9.10. The first-order valence-electron chi connectivity index (χ1n) is 7.26. The van der Waals surface area contributed by atoms with Crippen LogP contribution >= 0.6 is 15.9 Å². The lowest BCUT2D eigenvalue weighted by Gasteiger charge is -2.14. The van der Waals surface area contributed by atoms with Crippen molar-refractivity contribution in [3.05, 3.63) is 70.2 Å². The summed E-state index contributed by atoms with van der Waals surface area (Å²) in [7, 11) is 1.94. The van der Waals surface area contributed by atoms with E-state index >= 15 is 0 Å². The Balaban J connectivity index is 1.85. The van der Waals surface area contributed by atoms with Gasteiger partial charge in [-0.3, -0.25) is 0 Å². The highest BCUT2D eigenvalue weighted by Gasteiger charge is 2.06. The van der Waals surface area contributed by atoms with Gasteiger partial charge >= 0.3 is 0 Å². The van der Waals surface area contributed by atoms with Crippen molar-refractivity contribution in [3.63, 3.8) is 0 Å². The maximum atomic E-state index is 6.01. The van der Waals surface area contributed by atoms with Crippen LogP contribution in [0.15, 0.2) is 59.1 Å². The van der Waals surface area contributed by atoms with E-state index in [-0.39, 0.29) is 0 Å². The molecule has 0 aliphatic rings. The number of ether oxygens (including phenoxy) is 1. The van der Waals surface area contributed by atoms with Crippen molar-refractivity contribution < 1.29 is 4.74 Å². The van der Waals surface area contributed by atoms with Gasteiger partial charge in [-0.1, -0.05) is 40.2 Å². The third-order valence-corrected chi connectivity index (χ3v) is 4.33. The molecule has 0 unspecified atom stereocenters. The SMILES string of the molecule is CNc1cccc(C)c1COc1ccc2ccc(Br)cc2c1. The summed E-state index contributed by atoms with van der Waals surface area (Å²) in [4.78, 5) is 0. The normalized spacial score (nSPS) is 10.7. The molecule has 0 radical (unpaired) electrons. The molecule has 0 aliphatic heterocycles. The Morgan fingerprint density at radius 1 is 1.00 bits per heavy atom. The van der Waals surface area contributed by atoms with Crippen LogP contribution in [0.2, 0.25) is 0 Å². The molecule has 3 aromatic rings. The molecule has 3 aromatic carbocycles. The molecule has 0 atom stereocenters. The number of nitrogens with one attached hydrogen (secondary N) is 1. The fourth-order valence-electron chi connectivity index (χ4n) is 2.57. The predicted octanol–water partition coefficient (Wildman–Crippen LogP) is 5.53. The Labute approximate surface area is 139 Å². The Morgan fingerprint density at radius 3 is 2.64 bits per heavy atom. The molecule has 0 aromatic heterocycles. The van der Waals surface area contributed by atoms with Gasteiger partial charge in [0, 0.05) is 22.8 Å². The fraction of sp³-hybridized carbons (Fsp3) is 0.158. The predicted molar refractivity (Wildman–Crippen MR) is 96.7 cm³/mol. The Bertz CT molecular complexity index is 814. The molecule has 3 heteroatoms. The van der Waals surface area contributed by atoms with Crippen LogP contribution in [0.1, 0.15) is 11.1 Å². The molecular weight excluding hydrogens is 338 g/mol. The number of halogens is 1. The standard InChI is InChI=1S/C19H18BrNO/c1-13-4-3-5-19(21-2)18(13)12-22-17-9-7-14-6-8-16(20)10-15(14)11-17/h3-11,21H,12H2,1-2H3. The number of rotatable bonds is 4. The quantitative estimate of drug-likeness (QED) is 0.664. The van der Waals surface area contributed by atoms with Crippen molar-refractivity contribution in [2.45, 2.75) is 13.5 Å². The van der Waals surface area contributed by atoms with Gasteiger partial charge in [-0.15, -0.1) is 0 Å². The lowest BCUT2D eigenvalue weighted by atomic mass is 10.1. The lowest BCUT2D eigenvalue weighted by Crippen LogP contribution is -2.02. The molecule has 0 saturated carbocycles.